The summed E-state index contributed by atoms with van der Waals surface area (Å²) in [6.45, 7) is 4.83. The summed E-state index contributed by atoms with van der Waals surface area (Å²) >= 11 is 0. The molecular formula is C9H17NO. The summed E-state index contributed by atoms with van der Waals surface area (Å²) in [7, 11) is 1.83. The first kappa shape index (κ1) is 10.2. The number of rotatable bonds is 4. The van der Waals surface area contributed by atoms with Crippen molar-refractivity contribution in [2.75, 3.05) is 13.6 Å². The summed E-state index contributed by atoms with van der Waals surface area (Å²) in [6.07, 6.45) is 5.58. The first-order chi connectivity index (χ1) is 5.22. The molecule has 0 heterocycles. The summed E-state index contributed by atoms with van der Waals surface area (Å²) < 4.78 is 0. The van der Waals surface area contributed by atoms with Gasteiger partial charge in [0.2, 0.25) is 5.91 Å². The molecule has 0 aliphatic heterocycles. The lowest BCUT2D eigenvalue weighted by Gasteiger charge is -2.13. The van der Waals surface area contributed by atoms with Gasteiger partial charge >= 0.3 is 0 Å². The minimum Gasteiger partial charge on any atom is -0.342 e. The van der Waals surface area contributed by atoms with E-state index in [4.69, 9.17) is 0 Å². The molecule has 0 atom stereocenters. The summed E-state index contributed by atoms with van der Waals surface area (Å²) in [6, 6.07) is 0. The first-order valence-corrected chi connectivity index (χ1v) is 4.10. The molecule has 0 radical (unpaired) electrons. The van der Waals surface area contributed by atoms with Gasteiger partial charge < -0.3 is 4.90 Å². The van der Waals surface area contributed by atoms with Crippen molar-refractivity contribution in [3.63, 3.8) is 0 Å². The summed E-state index contributed by atoms with van der Waals surface area (Å²) in [4.78, 5) is 12.8. The van der Waals surface area contributed by atoms with Crippen LogP contribution in [0.5, 0.6) is 0 Å². The molecule has 2 heteroatoms. The Bertz CT molecular complexity index is 140. The van der Waals surface area contributed by atoms with Crippen molar-refractivity contribution >= 4 is 5.91 Å². The number of unbranched alkanes of at least 4 members (excludes halogenated alkanes) is 1. The van der Waals surface area contributed by atoms with Gasteiger partial charge in [0.15, 0.2) is 0 Å². The number of hydrogen-bond acceptors (Lipinski definition) is 1. The third-order valence-electron chi connectivity index (χ3n) is 1.53. The van der Waals surface area contributed by atoms with Crippen molar-refractivity contribution in [1.82, 2.24) is 4.90 Å². The third kappa shape index (κ3) is 4.59. The van der Waals surface area contributed by atoms with E-state index in [0.29, 0.717) is 0 Å². The van der Waals surface area contributed by atoms with Crippen molar-refractivity contribution in [3.05, 3.63) is 12.2 Å². The maximum Gasteiger partial charge on any atom is 0.245 e. The Morgan fingerprint density at radius 3 is 2.64 bits per heavy atom. The van der Waals surface area contributed by atoms with E-state index >= 15 is 0 Å². The van der Waals surface area contributed by atoms with E-state index in [1.807, 2.05) is 14.0 Å². The Balaban J connectivity index is 3.64. The third-order valence-corrected chi connectivity index (χ3v) is 1.53. The van der Waals surface area contributed by atoms with Crippen LogP contribution >= 0.6 is 0 Å². The van der Waals surface area contributed by atoms with Gasteiger partial charge in [-0.25, -0.2) is 0 Å². The van der Waals surface area contributed by atoms with Crippen molar-refractivity contribution in [3.8, 4) is 0 Å². The van der Waals surface area contributed by atoms with Crippen LogP contribution in [0.15, 0.2) is 12.2 Å². The van der Waals surface area contributed by atoms with E-state index in [1.54, 1.807) is 17.1 Å². The minimum atomic E-state index is 0.0981. The normalized spacial score (nSPS) is 10.5. The highest BCUT2D eigenvalue weighted by molar-refractivity contribution is 5.87. The van der Waals surface area contributed by atoms with Crippen LogP contribution in [-0.4, -0.2) is 24.4 Å². The topological polar surface area (TPSA) is 20.3 Å². The van der Waals surface area contributed by atoms with E-state index in [1.165, 1.54) is 0 Å². The molecule has 0 aromatic rings. The Kier molecular flexibility index (Phi) is 5.53. The highest BCUT2D eigenvalue weighted by Crippen LogP contribution is 1.92. The molecule has 0 aromatic carbocycles. The van der Waals surface area contributed by atoms with Gasteiger partial charge in [-0.1, -0.05) is 19.4 Å². The molecule has 0 aliphatic rings. The Morgan fingerprint density at radius 2 is 2.18 bits per heavy atom. The molecule has 0 fully saturated rings. The molecule has 0 aromatic heterocycles. The first-order valence-electron chi connectivity index (χ1n) is 4.10. The highest BCUT2D eigenvalue weighted by Gasteiger charge is 2.01. The van der Waals surface area contributed by atoms with E-state index in [2.05, 4.69) is 6.92 Å². The molecule has 2 nitrogen and oxygen atoms in total. The summed E-state index contributed by atoms with van der Waals surface area (Å²) in [5.74, 6) is 0.0981. The lowest BCUT2D eigenvalue weighted by Crippen LogP contribution is -2.25. The average molecular weight is 155 g/mol. The number of likely N-dealkylation sites (N-methyl/N-ethyl adjacent to an activating group) is 1. The van der Waals surface area contributed by atoms with Gasteiger partial charge in [0.05, 0.1) is 0 Å². The molecule has 1 amide bonds. The quantitative estimate of drug-likeness (QED) is 0.567. The number of nitrogens with zero attached hydrogens (tertiary/aromatic N) is 1. The van der Waals surface area contributed by atoms with E-state index in [9.17, 15) is 4.79 Å². The van der Waals surface area contributed by atoms with Gasteiger partial charge in [-0.15, -0.1) is 0 Å². The fourth-order valence-electron chi connectivity index (χ4n) is 0.775. The standard InChI is InChI=1S/C9H17NO/c1-4-6-8-10(3)9(11)7-5-2/h5,7H,4,6,8H2,1-3H3. The smallest absolute Gasteiger partial charge is 0.245 e. The molecule has 0 bridgehead atoms. The Hall–Kier alpha value is -0.790. The molecule has 64 valence electrons. The molecule has 0 spiro atoms. The molecule has 0 saturated heterocycles. The largest absolute Gasteiger partial charge is 0.342 e. The molecule has 0 saturated carbocycles. The second-order valence-electron chi connectivity index (χ2n) is 2.61. The zero-order valence-corrected chi connectivity index (χ0v) is 7.63. The number of carbonyl (C=O) groups excluding carboxylic acids is 1. The van der Waals surface area contributed by atoms with Gasteiger partial charge in [0, 0.05) is 13.6 Å². The van der Waals surface area contributed by atoms with E-state index in [0.717, 1.165) is 19.4 Å². The molecule has 0 N–H and O–H groups in total. The minimum absolute atomic E-state index is 0.0981. The van der Waals surface area contributed by atoms with Gasteiger partial charge in [0.1, 0.15) is 0 Å². The number of allylic oxidation sites excluding steroid dienone is 1. The van der Waals surface area contributed by atoms with Crippen LogP contribution in [0.1, 0.15) is 26.7 Å². The molecule has 11 heavy (non-hydrogen) atoms. The fraction of sp³-hybridized carbons (Fsp3) is 0.667. The zero-order valence-electron chi connectivity index (χ0n) is 7.63. The lowest BCUT2D eigenvalue weighted by atomic mass is 10.3. The van der Waals surface area contributed by atoms with Gasteiger partial charge in [-0.05, 0) is 19.4 Å². The van der Waals surface area contributed by atoms with Crippen LogP contribution < -0.4 is 0 Å². The van der Waals surface area contributed by atoms with Gasteiger partial charge in [-0.3, -0.25) is 4.79 Å². The zero-order chi connectivity index (χ0) is 8.69. The number of hydrogen-bond donors (Lipinski definition) is 0. The molecule has 0 aliphatic carbocycles. The SMILES string of the molecule is CC=CC(=O)N(C)CCCC. The average Bonchev–Trinajstić information content (AvgIpc) is 2.00. The van der Waals surface area contributed by atoms with Gasteiger partial charge in [-0.2, -0.15) is 0 Å². The van der Waals surface area contributed by atoms with E-state index in [-0.39, 0.29) is 5.91 Å². The van der Waals surface area contributed by atoms with Crippen LogP contribution in [-0.2, 0) is 4.79 Å². The van der Waals surface area contributed by atoms with Crippen molar-refractivity contribution in [2.24, 2.45) is 0 Å². The maximum atomic E-state index is 11.1. The number of carbonyl (C=O) groups is 1. The Morgan fingerprint density at radius 1 is 1.55 bits per heavy atom. The van der Waals surface area contributed by atoms with Crippen LogP contribution in [0.3, 0.4) is 0 Å². The molecular weight excluding hydrogens is 138 g/mol. The van der Waals surface area contributed by atoms with Crippen molar-refractivity contribution in [1.29, 1.82) is 0 Å². The molecule has 0 rings (SSSR count). The van der Waals surface area contributed by atoms with Crippen LogP contribution in [0.25, 0.3) is 0 Å². The van der Waals surface area contributed by atoms with Crippen LogP contribution in [0, 0.1) is 0 Å². The van der Waals surface area contributed by atoms with Crippen molar-refractivity contribution in [2.45, 2.75) is 26.7 Å². The molecule has 0 unspecified atom stereocenters. The fourth-order valence-corrected chi connectivity index (χ4v) is 0.775. The predicted molar refractivity (Wildman–Crippen MR) is 47.4 cm³/mol. The van der Waals surface area contributed by atoms with Crippen molar-refractivity contribution < 1.29 is 4.79 Å². The van der Waals surface area contributed by atoms with E-state index < -0.39 is 0 Å². The maximum absolute atomic E-state index is 11.1. The van der Waals surface area contributed by atoms with Crippen LogP contribution in [0.4, 0.5) is 0 Å². The number of amides is 1. The second-order valence-corrected chi connectivity index (χ2v) is 2.61. The Labute approximate surface area is 68.9 Å². The summed E-state index contributed by atoms with van der Waals surface area (Å²) in [5, 5.41) is 0. The van der Waals surface area contributed by atoms with Crippen LogP contribution in [0.2, 0.25) is 0 Å². The second kappa shape index (κ2) is 5.96. The lowest BCUT2D eigenvalue weighted by molar-refractivity contribution is -0.124. The summed E-state index contributed by atoms with van der Waals surface area (Å²) in [5.41, 5.74) is 0. The monoisotopic (exact) mass is 155 g/mol. The van der Waals surface area contributed by atoms with Gasteiger partial charge in [0.25, 0.3) is 0 Å². The highest BCUT2D eigenvalue weighted by atomic mass is 16.2. The predicted octanol–water partition coefficient (Wildman–Crippen LogP) is 1.82.